The molecular formula is C20H21N5OS. The van der Waals surface area contributed by atoms with Crippen LogP contribution in [0, 0.1) is 6.92 Å². The maximum absolute atomic E-state index is 12.8. The van der Waals surface area contributed by atoms with Crippen molar-refractivity contribution < 1.29 is 4.79 Å². The minimum Gasteiger partial charge on any atom is -0.339 e. The summed E-state index contributed by atoms with van der Waals surface area (Å²) in [5.41, 5.74) is 1.94. The Hall–Kier alpha value is -2.67. The smallest absolute Gasteiger partial charge is 0.255 e. The lowest BCUT2D eigenvalue weighted by atomic mass is 10.1. The Labute approximate surface area is 162 Å². The lowest BCUT2D eigenvalue weighted by Crippen LogP contribution is -2.39. The zero-order valence-electron chi connectivity index (χ0n) is 15.2. The molecule has 0 unspecified atom stereocenters. The molecule has 27 heavy (non-hydrogen) atoms. The molecule has 2 aromatic heterocycles. The minimum atomic E-state index is 0.0529. The van der Waals surface area contributed by atoms with E-state index >= 15 is 0 Å². The van der Waals surface area contributed by atoms with E-state index < -0.39 is 0 Å². The highest BCUT2D eigenvalue weighted by atomic mass is 32.2. The number of amides is 1. The first-order valence-electron chi connectivity index (χ1n) is 9.03. The second-order valence-corrected chi connectivity index (χ2v) is 7.99. The molecule has 138 valence electrons. The lowest BCUT2D eigenvalue weighted by molar-refractivity contribution is 0.0727. The summed E-state index contributed by atoms with van der Waals surface area (Å²) in [6.07, 6.45) is 6.82. The molecular weight excluding hydrogens is 358 g/mol. The number of aryl methyl sites for hydroxylation is 1. The largest absolute Gasteiger partial charge is 0.339 e. The Kier molecular flexibility index (Phi) is 5.20. The second kappa shape index (κ2) is 7.92. The maximum Gasteiger partial charge on any atom is 0.255 e. The normalized spacial score (nSPS) is 15.1. The van der Waals surface area contributed by atoms with Gasteiger partial charge in [0.15, 0.2) is 0 Å². The number of aromatic nitrogens is 4. The van der Waals surface area contributed by atoms with Gasteiger partial charge in [0, 0.05) is 29.4 Å². The van der Waals surface area contributed by atoms with Gasteiger partial charge in [0.25, 0.3) is 5.91 Å². The summed E-state index contributed by atoms with van der Waals surface area (Å²) in [5, 5.41) is 8.10. The van der Waals surface area contributed by atoms with Crippen LogP contribution in [-0.4, -0.2) is 48.9 Å². The van der Waals surface area contributed by atoms with E-state index in [0.29, 0.717) is 16.6 Å². The van der Waals surface area contributed by atoms with Gasteiger partial charge in [-0.1, -0.05) is 18.2 Å². The molecule has 7 heteroatoms. The number of likely N-dealkylation sites (tertiary alicyclic amines) is 1. The summed E-state index contributed by atoms with van der Waals surface area (Å²) in [7, 11) is 0. The highest BCUT2D eigenvalue weighted by Gasteiger charge is 2.24. The molecule has 0 saturated carbocycles. The number of thioether (sulfide) groups is 1. The zero-order valence-corrected chi connectivity index (χ0v) is 16.0. The van der Waals surface area contributed by atoms with Crippen LogP contribution in [0.4, 0.5) is 0 Å². The number of hydrogen-bond acceptors (Lipinski definition) is 5. The minimum absolute atomic E-state index is 0.0529. The Bertz CT molecular complexity index is 902. The van der Waals surface area contributed by atoms with Crippen LogP contribution in [0.5, 0.6) is 0 Å². The van der Waals surface area contributed by atoms with Gasteiger partial charge in [-0.15, -0.1) is 22.0 Å². The van der Waals surface area contributed by atoms with E-state index in [1.54, 1.807) is 23.4 Å². The topological polar surface area (TPSA) is 63.9 Å². The first kappa shape index (κ1) is 17.7. The van der Waals surface area contributed by atoms with Crippen molar-refractivity contribution in [3.05, 3.63) is 66.4 Å². The second-order valence-electron chi connectivity index (χ2n) is 6.65. The van der Waals surface area contributed by atoms with Crippen molar-refractivity contribution in [1.29, 1.82) is 0 Å². The molecule has 1 fully saturated rings. The van der Waals surface area contributed by atoms with Crippen molar-refractivity contribution in [3.8, 4) is 5.82 Å². The Morgan fingerprint density at radius 3 is 2.48 bits per heavy atom. The molecule has 3 heterocycles. The van der Waals surface area contributed by atoms with Gasteiger partial charge in [0.05, 0.1) is 5.56 Å². The van der Waals surface area contributed by atoms with Gasteiger partial charge in [-0.25, -0.2) is 4.98 Å². The highest BCUT2D eigenvalue weighted by Crippen LogP contribution is 2.32. The Morgan fingerprint density at radius 1 is 1.07 bits per heavy atom. The predicted molar refractivity (Wildman–Crippen MR) is 105 cm³/mol. The van der Waals surface area contributed by atoms with Gasteiger partial charge in [-0.05, 0) is 43.5 Å². The van der Waals surface area contributed by atoms with Crippen LogP contribution in [0.15, 0.2) is 60.1 Å². The van der Waals surface area contributed by atoms with Gasteiger partial charge in [0.2, 0.25) is 0 Å². The molecule has 1 amide bonds. The summed E-state index contributed by atoms with van der Waals surface area (Å²) in [5.74, 6) is 0.752. The van der Waals surface area contributed by atoms with Crippen LogP contribution >= 0.6 is 11.8 Å². The van der Waals surface area contributed by atoms with E-state index in [2.05, 4.69) is 46.4 Å². The molecule has 1 aliphatic rings. The summed E-state index contributed by atoms with van der Waals surface area (Å²) < 4.78 is 1.71. The number of nitrogens with zero attached hydrogens (tertiary/aromatic N) is 5. The van der Waals surface area contributed by atoms with Crippen molar-refractivity contribution in [2.45, 2.75) is 29.9 Å². The van der Waals surface area contributed by atoms with Gasteiger partial charge in [0.1, 0.15) is 18.5 Å². The average Bonchev–Trinajstić information content (AvgIpc) is 3.25. The fourth-order valence-electron chi connectivity index (χ4n) is 3.21. The molecule has 0 spiro atoms. The molecule has 1 aromatic carbocycles. The van der Waals surface area contributed by atoms with E-state index in [1.807, 2.05) is 28.8 Å². The van der Waals surface area contributed by atoms with Crippen LogP contribution < -0.4 is 0 Å². The number of piperidine rings is 1. The van der Waals surface area contributed by atoms with Crippen LogP contribution in [0.3, 0.4) is 0 Å². The number of carbonyl (C=O) groups excluding carboxylic acids is 1. The molecule has 0 radical (unpaired) electrons. The van der Waals surface area contributed by atoms with Crippen molar-refractivity contribution in [1.82, 2.24) is 24.6 Å². The number of carbonyl (C=O) groups is 1. The molecule has 1 saturated heterocycles. The monoisotopic (exact) mass is 379 g/mol. The molecule has 1 aliphatic heterocycles. The fourth-order valence-corrected chi connectivity index (χ4v) is 4.43. The van der Waals surface area contributed by atoms with E-state index in [4.69, 9.17) is 0 Å². The van der Waals surface area contributed by atoms with Crippen molar-refractivity contribution in [2.24, 2.45) is 0 Å². The van der Waals surface area contributed by atoms with Crippen LogP contribution in [0.2, 0.25) is 0 Å². The average molecular weight is 379 g/mol. The summed E-state index contributed by atoms with van der Waals surface area (Å²) in [4.78, 5) is 20.4. The first-order chi connectivity index (χ1) is 13.2. The summed E-state index contributed by atoms with van der Waals surface area (Å²) in [6, 6.07) is 12.1. The Balaban J connectivity index is 1.35. The van der Waals surface area contributed by atoms with Crippen molar-refractivity contribution in [3.63, 3.8) is 0 Å². The highest BCUT2D eigenvalue weighted by molar-refractivity contribution is 8.00. The molecule has 0 bridgehead atoms. The van der Waals surface area contributed by atoms with E-state index in [9.17, 15) is 4.79 Å². The lowest BCUT2D eigenvalue weighted by Gasteiger charge is -2.32. The zero-order chi connectivity index (χ0) is 18.6. The standard InChI is InChI=1S/C20H21N5OS/c1-15-4-2-3-5-18(15)27-17-8-10-24(11-9-17)20(26)16-6-7-19(21-12-16)25-13-22-23-14-25/h2-7,12-14,17H,8-11H2,1H3. The fraction of sp³-hybridized carbons (Fsp3) is 0.300. The summed E-state index contributed by atoms with van der Waals surface area (Å²) in [6.45, 7) is 3.72. The number of pyridine rings is 1. The number of rotatable bonds is 4. The van der Waals surface area contributed by atoms with E-state index in [1.165, 1.54) is 10.5 Å². The third kappa shape index (κ3) is 4.03. The molecule has 0 N–H and O–H groups in total. The SMILES string of the molecule is Cc1ccccc1SC1CCN(C(=O)c2ccc(-n3cnnc3)nc2)CC1. The van der Waals surface area contributed by atoms with E-state index in [0.717, 1.165) is 25.9 Å². The first-order valence-corrected chi connectivity index (χ1v) is 9.91. The molecule has 3 aromatic rings. The third-order valence-corrected chi connectivity index (χ3v) is 6.31. The molecule has 0 atom stereocenters. The maximum atomic E-state index is 12.8. The van der Waals surface area contributed by atoms with Crippen LogP contribution in [0.25, 0.3) is 5.82 Å². The van der Waals surface area contributed by atoms with Crippen molar-refractivity contribution in [2.75, 3.05) is 13.1 Å². The molecule has 4 rings (SSSR count). The number of hydrogen-bond donors (Lipinski definition) is 0. The third-order valence-electron chi connectivity index (χ3n) is 4.79. The van der Waals surface area contributed by atoms with Crippen LogP contribution in [0.1, 0.15) is 28.8 Å². The van der Waals surface area contributed by atoms with Crippen LogP contribution in [-0.2, 0) is 0 Å². The van der Waals surface area contributed by atoms with E-state index in [-0.39, 0.29) is 5.91 Å². The Morgan fingerprint density at radius 2 is 1.81 bits per heavy atom. The number of benzene rings is 1. The van der Waals surface area contributed by atoms with Crippen molar-refractivity contribution >= 4 is 17.7 Å². The van der Waals surface area contributed by atoms with Gasteiger partial charge >= 0.3 is 0 Å². The predicted octanol–water partition coefficient (Wildman–Crippen LogP) is 3.37. The van der Waals surface area contributed by atoms with Gasteiger partial charge in [-0.2, -0.15) is 0 Å². The molecule has 6 nitrogen and oxygen atoms in total. The van der Waals surface area contributed by atoms with Gasteiger partial charge < -0.3 is 4.90 Å². The summed E-state index contributed by atoms with van der Waals surface area (Å²) >= 11 is 1.94. The quantitative estimate of drug-likeness (QED) is 0.695. The van der Waals surface area contributed by atoms with Gasteiger partial charge in [-0.3, -0.25) is 9.36 Å². The molecule has 0 aliphatic carbocycles.